The predicted octanol–water partition coefficient (Wildman–Crippen LogP) is 6.33. The summed E-state index contributed by atoms with van der Waals surface area (Å²) in [5, 5.41) is 28.9. The third-order valence-corrected chi connectivity index (χ3v) is 5.26. The van der Waals surface area contributed by atoms with E-state index in [-0.39, 0.29) is 11.4 Å². The van der Waals surface area contributed by atoms with E-state index in [9.17, 15) is 20.2 Å². The first-order chi connectivity index (χ1) is 16.4. The zero-order valence-electron chi connectivity index (χ0n) is 17.6. The van der Waals surface area contributed by atoms with Crippen LogP contribution in [0.4, 0.5) is 17.1 Å². The van der Waals surface area contributed by atoms with Crippen molar-refractivity contribution < 1.29 is 14.6 Å². The number of benzene rings is 4. The minimum atomic E-state index is -0.705. The van der Waals surface area contributed by atoms with Crippen LogP contribution in [0.1, 0.15) is 11.1 Å². The van der Waals surface area contributed by atoms with Crippen molar-refractivity contribution in [3.05, 3.63) is 115 Å². The van der Waals surface area contributed by atoms with Crippen molar-refractivity contribution in [1.82, 2.24) is 0 Å². The van der Waals surface area contributed by atoms with Gasteiger partial charge in [-0.05, 0) is 40.6 Å². The lowest BCUT2D eigenvalue weighted by Gasteiger charge is -2.12. The standard InChI is InChI=1S/C24H17ClN4O5/c25-18-8-5-16(6-9-18)15-34-24-12-7-17-3-1-2-4-20(17)21(24)14-26-27-22-11-10-19(28(30)31)13-23(22)29(32)33/h1-14,27H,15H2/b26-14-. The number of fused-ring (bicyclic) bond motifs is 1. The number of anilines is 1. The third-order valence-electron chi connectivity index (χ3n) is 5.01. The highest BCUT2D eigenvalue weighted by molar-refractivity contribution is 6.30. The number of halogens is 1. The SMILES string of the molecule is O=[N+]([O-])c1ccc(N/N=C\c2c(OCc3ccc(Cl)cc3)ccc3ccccc23)c([N+](=O)[O-])c1. The molecule has 170 valence electrons. The number of non-ortho nitro benzene ring substituents is 1. The Labute approximate surface area is 198 Å². The second-order valence-electron chi connectivity index (χ2n) is 7.20. The Morgan fingerprint density at radius 2 is 1.71 bits per heavy atom. The highest BCUT2D eigenvalue weighted by Crippen LogP contribution is 2.30. The maximum atomic E-state index is 11.4. The molecule has 0 heterocycles. The summed E-state index contributed by atoms with van der Waals surface area (Å²) in [4.78, 5) is 20.9. The summed E-state index contributed by atoms with van der Waals surface area (Å²) in [6, 6.07) is 22.0. The van der Waals surface area contributed by atoms with E-state index in [2.05, 4.69) is 10.5 Å². The molecular formula is C24H17ClN4O5. The number of ether oxygens (including phenoxy) is 1. The van der Waals surface area contributed by atoms with Crippen molar-refractivity contribution >= 4 is 45.7 Å². The molecule has 0 aliphatic carbocycles. The fraction of sp³-hybridized carbons (Fsp3) is 0.0417. The van der Waals surface area contributed by atoms with Gasteiger partial charge in [-0.25, -0.2) is 0 Å². The summed E-state index contributed by atoms with van der Waals surface area (Å²) in [5.74, 6) is 0.567. The average molecular weight is 477 g/mol. The van der Waals surface area contributed by atoms with E-state index in [0.29, 0.717) is 22.9 Å². The van der Waals surface area contributed by atoms with E-state index in [1.807, 2.05) is 48.5 Å². The van der Waals surface area contributed by atoms with Gasteiger partial charge >= 0.3 is 5.69 Å². The Kier molecular flexibility index (Phi) is 6.65. The van der Waals surface area contributed by atoms with Crippen LogP contribution in [-0.4, -0.2) is 16.1 Å². The van der Waals surface area contributed by atoms with Crippen molar-refractivity contribution in [2.75, 3.05) is 5.43 Å². The predicted molar refractivity (Wildman–Crippen MR) is 131 cm³/mol. The van der Waals surface area contributed by atoms with Crippen LogP contribution in [0.15, 0.2) is 84.0 Å². The largest absolute Gasteiger partial charge is 0.488 e. The zero-order chi connectivity index (χ0) is 24.1. The second-order valence-corrected chi connectivity index (χ2v) is 7.64. The van der Waals surface area contributed by atoms with Gasteiger partial charge in [-0.15, -0.1) is 0 Å². The first kappa shape index (κ1) is 22.7. The van der Waals surface area contributed by atoms with E-state index in [1.165, 1.54) is 18.3 Å². The lowest BCUT2D eigenvalue weighted by molar-refractivity contribution is -0.393. The molecule has 0 aromatic heterocycles. The number of nitro benzene ring substituents is 2. The fourth-order valence-corrected chi connectivity index (χ4v) is 3.45. The number of nitrogens with one attached hydrogen (secondary N) is 1. The molecule has 9 nitrogen and oxygen atoms in total. The monoisotopic (exact) mass is 476 g/mol. The van der Waals surface area contributed by atoms with Gasteiger partial charge in [0.25, 0.3) is 5.69 Å². The Morgan fingerprint density at radius 3 is 2.44 bits per heavy atom. The van der Waals surface area contributed by atoms with Crippen LogP contribution in [0.2, 0.25) is 5.02 Å². The van der Waals surface area contributed by atoms with E-state index in [4.69, 9.17) is 16.3 Å². The minimum Gasteiger partial charge on any atom is -0.488 e. The van der Waals surface area contributed by atoms with Crippen LogP contribution in [0, 0.1) is 20.2 Å². The van der Waals surface area contributed by atoms with Crippen LogP contribution < -0.4 is 10.2 Å². The summed E-state index contributed by atoms with van der Waals surface area (Å²) in [7, 11) is 0. The van der Waals surface area contributed by atoms with Gasteiger partial charge in [0.1, 0.15) is 18.0 Å². The lowest BCUT2D eigenvalue weighted by Crippen LogP contribution is -2.01. The summed E-state index contributed by atoms with van der Waals surface area (Å²) in [6.45, 7) is 0.303. The maximum Gasteiger partial charge on any atom is 0.301 e. The van der Waals surface area contributed by atoms with Gasteiger partial charge in [0.15, 0.2) is 0 Å². The molecule has 0 atom stereocenters. The molecule has 0 aliphatic heterocycles. The number of nitrogens with zero attached hydrogens (tertiary/aromatic N) is 3. The molecule has 0 bridgehead atoms. The minimum absolute atomic E-state index is 0.0238. The third kappa shape index (κ3) is 5.11. The first-order valence-corrected chi connectivity index (χ1v) is 10.4. The molecule has 0 saturated carbocycles. The topological polar surface area (TPSA) is 120 Å². The van der Waals surface area contributed by atoms with E-state index >= 15 is 0 Å². The molecule has 4 aromatic carbocycles. The number of nitro groups is 2. The molecule has 0 fully saturated rings. The Balaban J connectivity index is 1.64. The summed E-state index contributed by atoms with van der Waals surface area (Å²) in [5.41, 5.74) is 3.40. The smallest absolute Gasteiger partial charge is 0.301 e. The molecule has 1 N–H and O–H groups in total. The van der Waals surface area contributed by atoms with Crippen molar-refractivity contribution in [2.24, 2.45) is 5.10 Å². The van der Waals surface area contributed by atoms with Gasteiger partial charge in [0.2, 0.25) is 0 Å². The molecule has 0 radical (unpaired) electrons. The summed E-state index contributed by atoms with van der Waals surface area (Å²) >= 11 is 5.94. The van der Waals surface area contributed by atoms with E-state index in [1.54, 1.807) is 12.1 Å². The van der Waals surface area contributed by atoms with Gasteiger partial charge in [-0.1, -0.05) is 54.1 Å². The zero-order valence-corrected chi connectivity index (χ0v) is 18.3. The van der Waals surface area contributed by atoms with E-state index < -0.39 is 15.5 Å². The van der Waals surface area contributed by atoms with Crippen molar-refractivity contribution in [3.8, 4) is 5.75 Å². The molecule has 0 spiro atoms. The van der Waals surface area contributed by atoms with E-state index in [0.717, 1.165) is 22.4 Å². The second kappa shape index (κ2) is 9.97. The Bertz CT molecular complexity index is 1410. The molecule has 4 aromatic rings. The van der Waals surface area contributed by atoms with Crippen LogP contribution in [-0.2, 0) is 6.61 Å². The fourth-order valence-electron chi connectivity index (χ4n) is 3.32. The normalized spacial score (nSPS) is 11.0. The molecule has 0 unspecified atom stereocenters. The van der Waals surface area contributed by atoms with Gasteiger partial charge in [-0.2, -0.15) is 5.10 Å². The van der Waals surface area contributed by atoms with Crippen molar-refractivity contribution in [3.63, 3.8) is 0 Å². The number of hydrazone groups is 1. The molecule has 0 saturated heterocycles. The quantitative estimate of drug-likeness (QED) is 0.180. The maximum absolute atomic E-state index is 11.4. The van der Waals surface area contributed by atoms with Crippen LogP contribution in [0.25, 0.3) is 10.8 Å². The highest BCUT2D eigenvalue weighted by atomic mass is 35.5. The Hall–Kier alpha value is -4.50. The number of hydrogen-bond acceptors (Lipinski definition) is 7. The van der Waals surface area contributed by atoms with Crippen LogP contribution in [0.3, 0.4) is 0 Å². The summed E-state index contributed by atoms with van der Waals surface area (Å²) < 4.78 is 6.03. The number of rotatable bonds is 8. The average Bonchev–Trinajstić information content (AvgIpc) is 2.84. The highest BCUT2D eigenvalue weighted by Gasteiger charge is 2.19. The van der Waals surface area contributed by atoms with Crippen molar-refractivity contribution in [2.45, 2.75) is 6.61 Å². The van der Waals surface area contributed by atoms with Crippen LogP contribution >= 0.6 is 11.6 Å². The van der Waals surface area contributed by atoms with Crippen molar-refractivity contribution in [1.29, 1.82) is 0 Å². The molecule has 0 aliphatic rings. The molecule has 4 rings (SSSR count). The molecular weight excluding hydrogens is 460 g/mol. The molecule has 34 heavy (non-hydrogen) atoms. The summed E-state index contributed by atoms with van der Waals surface area (Å²) in [6.07, 6.45) is 1.50. The number of hydrogen-bond donors (Lipinski definition) is 1. The Morgan fingerprint density at radius 1 is 0.941 bits per heavy atom. The van der Waals surface area contributed by atoms with Gasteiger partial charge in [0.05, 0.1) is 22.1 Å². The molecule has 10 heteroatoms. The lowest BCUT2D eigenvalue weighted by atomic mass is 10.0. The molecule has 0 amide bonds. The van der Waals surface area contributed by atoms with Gasteiger partial charge < -0.3 is 4.74 Å². The van der Waals surface area contributed by atoms with Gasteiger partial charge in [0, 0.05) is 16.7 Å². The first-order valence-electron chi connectivity index (χ1n) is 10.0. The van der Waals surface area contributed by atoms with Gasteiger partial charge in [-0.3, -0.25) is 25.7 Å². The van der Waals surface area contributed by atoms with Crippen LogP contribution in [0.5, 0.6) is 5.75 Å².